The molecule has 1 aromatic carbocycles. The van der Waals surface area contributed by atoms with Crippen LogP contribution >= 0.6 is 11.6 Å². The Hall–Kier alpha value is -3.96. The van der Waals surface area contributed by atoms with Crippen molar-refractivity contribution in [3.8, 4) is 28.1 Å². The molecule has 1 fully saturated rings. The van der Waals surface area contributed by atoms with Gasteiger partial charge in [-0.25, -0.2) is 14.2 Å². The molecule has 0 bridgehead atoms. The summed E-state index contributed by atoms with van der Waals surface area (Å²) in [5.41, 5.74) is 2.05. The molecule has 5 rings (SSSR count). The lowest BCUT2D eigenvalue weighted by Gasteiger charge is -2.35. The first kappa shape index (κ1) is 30.5. The molecule has 2 amide bonds. The first-order chi connectivity index (χ1) is 20.6. The average molecular weight is 611 g/mol. The molecule has 0 atom stereocenters. The number of aromatic nitrogens is 2. The van der Waals surface area contributed by atoms with E-state index >= 15 is 0 Å². The van der Waals surface area contributed by atoms with E-state index in [0.717, 1.165) is 19.6 Å². The minimum atomic E-state index is -0.515. The number of benzene rings is 1. The normalized spacial score (nSPS) is 15.2. The summed E-state index contributed by atoms with van der Waals surface area (Å²) >= 11 is 6.15. The Labute approximate surface area is 255 Å². The maximum absolute atomic E-state index is 14.7. The van der Waals surface area contributed by atoms with Gasteiger partial charge in [-0.3, -0.25) is 14.7 Å². The summed E-state index contributed by atoms with van der Waals surface area (Å²) in [4.78, 5) is 38.0. The molecule has 12 heteroatoms. The summed E-state index contributed by atoms with van der Waals surface area (Å²) < 4.78 is 26.1. The van der Waals surface area contributed by atoms with Crippen LogP contribution in [-0.2, 0) is 9.53 Å². The van der Waals surface area contributed by atoms with E-state index in [1.807, 2.05) is 26.8 Å². The molecule has 0 aliphatic carbocycles. The quantitative estimate of drug-likeness (QED) is 0.352. The lowest BCUT2D eigenvalue weighted by atomic mass is 10.0. The lowest BCUT2D eigenvalue weighted by molar-refractivity contribution is -0.116. The van der Waals surface area contributed by atoms with Gasteiger partial charge in [-0.2, -0.15) is 0 Å². The molecule has 0 radical (unpaired) electrons. The fraction of sp³-hybridized carbons (Fsp3) is 0.419. The summed E-state index contributed by atoms with van der Waals surface area (Å²) in [6, 6.07) is 7.89. The number of nitrogens with zero attached hydrogens (tertiary/aromatic N) is 4. The van der Waals surface area contributed by atoms with Crippen molar-refractivity contribution >= 4 is 35.1 Å². The number of rotatable bonds is 7. The number of carbonyl (C=O) groups excluding carboxylic acids is 2. The molecule has 0 spiro atoms. The van der Waals surface area contributed by atoms with E-state index in [1.54, 1.807) is 23.4 Å². The van der Waals surface area contributed by atoms with E-state index in [9.17, 15) is 14.0 Å². The predicted molar refractivity (Wildman–Crippen MR) is 164 cm³/mol. The van der Waals surface area contributed by atoms with E-state index in [1.165, 1.54) is 18.2 Å². The van der Waals surface area contributed by atoms with Gasteiger partial charge >= 0.3 is 6.09 Å². The first-order valence-electron chi connectivity index (χ1n) is 14.4. The Bertz CT molecular complexity index is 1490. The Morgan fingerprint density at radius 2 is 1.91 bits per heavy atom. The highest BCUT2D eigenvalue weighted by molar-refractivity contribution is 6.30. The molecular weight excluding hydrogens is 575 g/mol. The number of halogens is 2. The van der Waals surface area contributed by atoms with Crippen molar-refractivity contribution in [1.82, 2.24) is 19.8 Å². The van der Waals surface area contributed by atoms with Gasteiger partial charge < -0.3 is 25.0 Å². The topological polar surface area (TPSA) is 109 Å². The van der Waals surface area contributed by atoms with E-state index in [-0.39, 0.29) is 17.6 Å². The number of hydrogen-bond donors (Lipinski definition) is 2. The Balaban J connectivity index is 1.20. The Kier molecular flexibility index (Phi) is 9.31. The minimum absolute atomic E-state index is 0.122. The zero-order valence-electron chi connectivity index (χ0n) is 24.6. The van der Waals surface area contributed by atoms with Crippen LogP contribution in [-0.4, -0.2) is 83.2 Å². The van der Waals surface area contributed by atoms with E-state index in [2.05, 4.69) is 25.5 Å². The second kappa shape index (κ2) is 13.1. The molecule has 2 aliphatic heterocycles. The molecule has 43 heavy (non-hydrogen) atoms. The second-order valence-corrected chi connectivity index (χ2v) is 12.0. The van der Waals surface area contributed by atoms with Gasteiger partial charge in [-0.1, -0.05) is 11.6 Å². The fourth-order valence-electron chi connectivity index (χ4n) is 4.99. The van der Waals surface area contributed by atoms with Crippen LogP contribution in [0.5, 0.6) is 5.75 Å². The largest absolute Gasteiger partial charge is 0.487 e. The molecular formula is C31H36ClFN6O4. The van der Waals surface area contributed by atoms with Crippen LogP contribution in [0.15, 0.2) is 42.7 Å². The molecule has 228 valence electrons. The molecule has 4 heterocycles. The third-order valence-electron chi connectivity index (χ3n) is 7.05. The molecule has 2 aromatic heterocycles. The van der Waals surface area contributed by atoms with Gasteiger partial charge in [0, 0.05) is 60.5 Å². The highest BCUT2D eigenvalue weighted by atomic mass is 35.5. The SMILES string of the molecule is CC(C)(C)OC(=O)N1CCN(CCCC(=O)Nc2cncc(-c3cc(-c4cc(Cl)ccc4F)nc4c3OCCN4)c2)CC1. The number of piperazine rings is 1. The monoisotopic (exact) mass is 610 g/mol. The van der Waals surface area contributed by atoms with Crippen LogP contribution in [0.1, 0.15) is 33.6 Å². The highest BCUT2D eigenvalue weighted by Gasteiger charge is 2.26. The van der Waals surface area contributed by atoms with Crippen molar-refractivity contribution in [2.75, 3.05) is 56.5 Å². The number of carbonyl (C=O) groups is 2. The molecule has 0 unspecified atom stereocenters. The molecule has 2 aliphatic rings. The molecule has 3 aromatic rings. The minimum Gasteiger partial charge on any atom is -0.487 e. The van der Waals surface area contributed by atoms with Crippen LogP contribution in [0.4, 0.5) is 20.7 Å². The maximum atomic E-state index is 14.7. The van der Waals surface area contributed by atoms with Gasteiger partial charge in [0.05, 0.1) is 24.1 Å². The third-order valence-corrected chi connectivity index (χ3v) is 7.29. The van der Waals surface area contributed by atoms with Crippen molar-refractivity contribution in [1.29, 1.82) is 0 Å². The summed E-state index contributed by atoms with van der Waals surface area (Å²) in [5, 5.41) is 6.56. The van der Waals surface area contributed by atoms with Gasteiger partial charge in [0.15, 0.2) is 11.6 Å². The second-order valence-electron chi connectivity index (χ2n) is 11.6. The smallest absolute Gasteiger partial charge is 0.410 e. The summed E-state index contributed by atoms with van der Waals surface area (Å²) in [6.07, 6.45) is 3.98. The van der Waals surface area contributed by atoms with Crippen LogP contribution < -0.4 is 15.4 Å². The van der Waals surface area contributed by atoms with Crippen LogP contribution in [0.25, 0.3) is 22.4 Å². The number of pyridine rings is 2. The van der Waals surface area contributed by atoms with E-state index in [0.29, 0.717) is 78.2 Å². The number of nitrogens with one attached hydrogen (secondary N) is 2. The summed E-state index contributed by atoms with van der Waals surface area (Å²) in [5.74, 6) is 0.472. The average Bonchev–Trinajstić information content (AvgIpc) is 2.97. The fourth-order valence-corrected chi connectivity index (χ4v) is 5.16. The van der Waals surface area contributed by atoms with Crippen molar-refractivity contribution in [3.05, 3.63) is 53.6 Å². The van der Waals surface area contributed by atoms with Gasteiger partial charge in [0.2, 0.25) is 5.91 Å². The molecule has 10 nitrogen and oxygen atoms in total. The number of fused-ring (bicyclic) bond motifs is 1. The van der Waals surface area contributed by atoms with Gasteiger partial charge in [0.1, 0.15) is 18.0 Å². The summed E-state index contributed by atoms with van der Waals surface area (Å²) in [6.45, 7) is 10.0. The van der Waals surface area contributed by atoms with Crippen molar-refractivity contribution in [2.24, 2.45) is 0 Å². The van der Waals surface area contributed by atoms with Gasteiger partial charge in [0.25, 0.3) is 0 Å². The zero-order chi connectivity index (χ0) is 30.6. The first-order valence-corrected chi connectivity index (χ1v) is 14.8. The zero-order valence-corrected chi connectivity index (χ0v) is 25.3. The number of anilines is 2. The van der Waals surface area contributed by atoms with Crippen LogP contribution in [0.2, 0.25) is 5.02 Å². The van der Waals surface area contributed by atoms with Crippen LogP contribution in [0.3, 0.4) is 0 Å². The molecule has 1 saturated heterocycles. The number of hydrogen-bond acceptors (Lipinski definition) is 8. The van der Waals surface area contributed by atoms with Crippen molar-refractivity contribution < 1.29 is 23.5 Å². The molecule has 2 N–H and O–H groups in total. The highest BCUT2D eigenvalue weighted by Crippen LogP contribution is 2.41. The predicted octanol–water partition coefficient (Wildman–Crippen LogP) is 5.68. The Morgan fingerprint density at radius 3 is 2.67 bits per heavy atom. The van der Waals surface area contributed by atoms with Gasteiger partial charge in [-0.05, 0) is 64.1 Å². The number of amides is 2. The standard InChI is InChI=1S/C31H36ClFN6O4/c1-31(2,3)43-30(41)39-12-10-38(11-13-39)9-4-5-27(40)36-22-15-20(18-34-19-22)23-17-26(24-16-21(32)6-7-25(24)33)37-29-28(23)42-14-8-35-29/h6-7,15-19H,4-5,8-14H2,1-3H3,(H,35,37)(H,36,40). The Morgan fingerprint density at radius 1 is 1.12 bits per heavy atom. The van der Waals surface area contributed by atoms with Crippen molar-refractivity contribution in [3.63, 3.8) is 0 Å². The van der Waals surface area contributed by atoms with Crippen LogP contribution in [0, 0.1) is 5.82 Å². The summed E-state index contributed by atoms with van der Waals surface area (Å²) in [7, 11) is 0. The number of ether oxygens (including phenoxy) is 2. The van der Waals surface area contributed by atoms with Gasteiger partial charge in [-0.15, -0.1) is 0 Å². The lowest BCUT2D eigenvalue weighted by Crippen LogP contribution is -2.50. The maximum Gasteiger partial charge on any atom is 0.410 e. The molecule has 0 saturated carbocycles. The van der Waals surface area contributed by atoms with E-state index < -0.39 is 11.4 Å². The third kappa shape index (κ3) is 7.91. The van der Waals surface area contributed by atoms with E-state index in [4.69, 9.17) is 21.1 Å². The van der Waals surface area contributed by atoms with Crippen molar-refractivity contribution in [2.45, 2.75) is 39.2 Å².